The molecule has 11 heteroatoms. The molecule has 3 aliphatic carbocycles. The van der Waals surface area contributed by atoms with Crippen LogP contribution in [0.25, 0.3) is 0 Å². The minimum Gasteiger partial charge on any atom is -0.462 e. The van der Waals surface area contributed by atoms with Gasteiger partial charge in [0.25, 0.3) is 0 Å². The van der Waals surface area contributed by atoms with Crippen molar-refractivity contribution in [3.63, 3.8) is 0 Å². The summed E-state index contributed by atoms with van der Waals surface area (Å²) in [5.74, 6) is -3.51. The zero-order valence-electron chi connectivity index (χ0n) is 23.4. The van der Waals surface area contributed by atoms with E-state index in [0.717, 1.165) is 0 Å². The Morgan fingerprint density at radius 1 is 0.949 bits per heavy atom. The van der Waals surface area contributed by atoms with Crippen LogP contribution in [-0.2, 0) is 42.9 Å². The highest BCUT2D eigenvalue weighted by molar-refractivity contribution is 5.70. The lowest BCUT2D eigenvalue weighted by atomic mass is 9.53. The van der Waals surface area contributed by atoms with E-state index in [1.54, 1.807) is 20.8 Å². The Balaban J connectivity index is 2.11. The van der Waals surface area contributed by atoms with E-state index in [9.17, 15) is 29.4 Å². The molecule has 10 atom stereocenters. The van der Waals surface area contributed by atoms with E-state index in [1.165, 1.54) is 27.7 Å². The summed E-state index contributed by atoms with van der Waals surface area (Å²) in [6, 6.07) is 0. The van der Waals surface area contributed by atoms with E-state index in [-0.39, 0.29) is 19.4 Å². The zero-order chi connectivity index (χ0) is 29.2. The molecule has 39 heavy (non-hydrogen) atoms. The summed E-state index contributed by atoms with van der Waals surface area (Å²) in [7, 11) is 0. The van der Waals surface area contributed by atoms with Gasteiger partial charge in [-0.05, 0) is 25.0 Å². The third-order valence-corrected chi connectivity index (χ3v) is 9.23. The molecule has 2 saturated carbocycles. The molecular formula is C28H38O11. The Morgan fingerprint density at radius 2 is 1.51 bits per heavy atom. The molecule has 1 heterocycles. The minimum absolute atomic E-state index is 0.162. The molecule has 0 aromatic heterocycles. The van der Waals surface area contributed by atoms with Crippen LogP contribution in [0.15, 0.2) is 23.3 Å². The summed E-state index contributed by atoms with van der Waals surface area (Å²) in [5, 5.41) is 23.3. The molecule has 0 bridgehead atoms. The Morgan fingerprint density at radius 3 is 2.03 bits per heavy atom. The lowest BCUT2D eigenvalue weighted by Crippen LogP contribution is -2.69. The number of hydrogen-bond donors (Lipinski definition) is 2. The minimum atomic E-state index is -1.83. The molecule has 3 fully saturated rings. The van der Waals surface area contributed by atoms with Crippen molar-refractivity contribution in [1.29, 1.82) is 0 Å². The van der Waals surface area contributed by atoms with Crippen LogP contribution >= 0.6 is 0 Å². The fraction of sp³-hybridized carbons (Fsp3) is 0.714. The quantitative estimate of drug-likeness (QED) is 0.291. The van der Waals surface area contributed by atoms with Crippen LogP contribution in [0.5, 0.6) is 0 Å². The second-order valence-corrected chi connectivity index (χ2v) is 11.6. The van der Waals surface area contributed by atoms with Gasteiger partial charge in [0.05, 0.1) is 24.2 Å². The molecule has 0 spiro atoms. The van der Waals surface area contributed by atoms with Crippen LogP contribution in [0.2, 0.25) is 0 Å². The lowest BCUT2D eigenvalue weighted by molar-refractivity contribution is -0.247. The van der Waals surface area contributed by atoms with E-state index in [2.05, 4.69) is 6.58 Å². The highest BCUT2D eigenvalue weighted by Crippen LogP contribution is 2.68. The van der Waals surface area contributed by atoms with Gasteiger partial charge < -0.3 is 33.9 Å². The first kappa shape index (κ1) is 29.2. The van der Waals surface area contributed by atoms with Gasteiger partial charge in [-0.1, -0.05) is 19.1 Å². The molecule has 1 saturated heterocycles. The van der Waals surface area contributed by atoms with Crippen molar-refractivity contribution < 1.29 is 53.1 Å². The van der Waals surface area contributed by atoms with Gasteiger partial charge >= 0.3 is 23.9 Å². The Kier molecular flexibility index (Phi) is 7.27. The maximum Gasteiger partial charge on any atom is 0.303 e. The van der Waals surface area contributed by atoms with Crippen molar-refractivity contribution in [3.05, 3.63) is 23.3 Å². The Labute approximate surface area is 227 Å². The molecule has 0 amide bonds. The monoisotopic (exact) mass is 550 g/mol. The largest absolute Gasteiger partial charge is 0.462 e. The second-order valence-electron chi connectivity index (χ2n) is 11.6. The lowest BCUT2D eigenvalue weighted by Gasteiger charge is -2.56. The van der Waals surface area contributed by atoms with E-state index in [4.69, 9.17) is 23.7 Å². The molecule has 11 nitrogen and oxygen atoms in total. The third-order valence-electron chi connectivity index (χ3n) is 9.23. The molecule has 1 aliphatic heterocycles. The Hall–Kier alpha value is -2.76. The van der Waals surface area contributed by atoms with E-state index >= 15 is 0 Å². The first-order chi connectivity index (χ1) is 18.0. The molecule has 0 unspecified atom stereocenters. The van der Waals surface area contributed by atoms with Crippen molar-refractivity contribution in [1.82, 2.24) is 0 Å². The average molecular weight is 551 g/mol. The van der Waals surface area contributed by atoms with Crippen molar-refractivity contribution in [3.8, 4) is 0 Å². The first-order valence-electron chi connectivity index (χ1n) is 13.1. The van der Waals surface area contributed by atoms with Crippen LogP contribution in [0.4, 0.5) is 0 Å². The van der Waals surface area contributed by atoms with Crippen LogP contribution in [0.1, 0.15) is 61.3 Å². The number of esters is 4. The fourth-order valence-corrected chi connectivity index (χ4v) is 7.81. The molecule has 2 N–H and O–H groups in total. The summed E-state index contributed by atoms with van der Waals surface area (Å²) in [6.07, 6.45) is -6.57. The maximum atomic E-state index is 12.6. The summed E-state index contributed by atoms with van der Waals surface area (Å²) < 4.78 is 29.6. The number of aliphatic hydroxyl groups excluding tert-OH is 1. The molecule has 4 rings (SSSR count). The van der Waals surface area contributed by atoms with Crippen LogP contribution < -0.4 is 0 Å². The van der Waals surface area contributed by atoms with Gasteiger partial charge in [-0.2, -0.15) is 0 Å². The number of fused-ring (bicyclic) bond motifs is 2. The zero-order valence-corrected chi connectivity index (χ0v) is 23.4. The van der Waals surface area contributed by atoms with E-state index < -0.39 is 82.8 Å². The molecule has 216 valence electrons. The van der Waals surface area contributed by atoms with Crippen molar-refractivity contribution in [2.75, 3.05) is 6.61 Å². The predicted molar refractivity (Wildman–Crippen MR) is 134 cm³/mol. The van der Waals surface area contributed by atoms with Gasteiger partial charge in [-0.15, -0.1) is 0 Å². The topological polar surface area (TPSA) is 155 Å². The van der Waals surface area contributed by atoms with Crippen LogP contribution in [0.3, 0.4) is 0 Å². The maximum absolute atomic E-state index is 12.6. The third kappa shape index (κ3) is 4.20. The molecule has 4 aliphatic rings. The van der Waals surface area contributed by atoms with Crippen molar-refractivity contribution in [2.24, 2.45) is 16.7 Å². The second kappa shape index (κ2) is 9.71. The smallest absolute Gasteiger partial charge is 0.303 e. The summed E-state index contributed by atoms with van der Waals surface area (Å²) in [5.41, 5.74) is -2.75. The van der Waals surface area contributed by atoms with Gasteiger partial charge in [0, 0.05) is 51.9 Å². The van der Waals surface area contributed by atoms with Gasteiger partial charge in [0.15, 0.2) is 12.2 Å². The number of carbonyl (C=O) groups excluding carboxylic acids is 4. The number of aliphatic hydroxyl groups is 2. The average Bonchev–Trinajstić information content (AvgIpc) is 3.28. The van der Waals surface area contributed by atoms with Gasteiger partial charge in [0.2, 0.25) is 0 Å². The number of ether oxygens (including phenoxy) is 5. The van der Waals surface area contributed by atoms with Crippen LogP contribution in [-0.4, -0.2) is 82.9 Å². The predicted octanol–water partition coefficient (Wildman–Crippen LogP) is 1.53. The highest BCUT2D eigenvalue weighted by Gasteiger charge is 2.77. The first-order valence-corrected chi connectivity index (χ1v) is 13.1. The SMILES string of the molecule is C=C(C)[C@@]12C[C@H](OC(C)=O)C(C)=C1[C@@H](OC(C)=O)[C@H](OC(C)=O)[C@]1(C)[C@@H](OC(C)=O)C[C@H](O)[C@@]3(O)CO[C@H]2[C@H]31. The van der Waals surface area contributed by atoms with Crippen molar-refractivity contribution in [2.45, 2.75) is 104 Å². The summed E-state index contributed by atoms with van der Waals surface area (Å²) in [4.78, 5) is 49.5. The number of carbonyl (C=O) groups is 4. The number of rotatable bonds is 5. The normalized spacial score (nSPS) is 42.5. The standard InChI is InChI=1S/C28H38O11/c1-12(2)27-10-18(36-14(4)29)13(3)21(27)22(38-16(6)31)24(39-17(7)32)26(8)20(37-15(5)30)9-19(33)28(34)11-35-25(27)23(26)28/h18-20,22-25,33-34H,1,9-11H2,2-8H3/t18-,19-,20-,22+,23-,24-,25-,26+,27-,28-/m0/s1. The summed E-state index contributed by atoms with van der Waals surface area (Å²) in [6.45, 7) is 14.1. The molecule has 0 aromatic carbocycles. The van der Waals surface area contributed by atoms with E-state index in [1.807, 2.05) is 0 Å². The number of hydrogen-bond acceptors (Lipinski definition) is 11. The van der Waals surface area contributed by atoms with Gasteiger partial charge in [-0.3, -0.25) is 19.2 Å². The fourth-order valence-electron chi connectivity index (χ4n) is 7.81. The van der Waals surface area contributed by atoms with Crippen molar-refractivity contribution >= 4 is 23.9 Å². The molecular weight excluding hydrogens is 512 g/mol. The molecule has 0 aromatic rings. The highest BCUT2D eigenvalue weighted by atomic mass is 16.6. The van der Waals surface area contributed by atoms with E-state index in [0.29, 0.717) is 16.7 Å². The van der Waals surface area contributed by atoms with Gasteiger partial charge in [0.1, 0.15) is 17.8 Å². The van der Waals surface area contributed by atoms with Gasteiger partial charge in [-0.25, -0.2) is 0 Å². The molecule has 0 radical (unpaired) electrons. The Bertz CT molecular complexity index is 1140. The van der Waals surface area contributed by atoms with Crippen LogP contribution in [0, 0.1) is 16.7 Å². The summed E-state index contributed by atoms with van der Waals surface area (Å²) >= 11 is 0.